The molecule has 0 aliphatic carbocycles. The van der Waals surface area contributed by atoms with Gasteiger partial charge in [0.25, 0.3) is 0 Å². The van der Waals surface area contributed by atoms with E-state index < -0.39 is 18.6 Å². The second-order valence-electron chi connectivity index (χ2n) is 3.33. The minimum absolute atomic E-state index is 0.743. The molecule has 0 spiro atoms. The fourth-order valence-corrected chi connectivity index (χ4v) is 6.87. The van der Waals surface area contributed by atoms with Crippen LogP contribution >= 0.6 is 32.1 Å². The zero-order valence-electron chi connectivity index (χ0n) is 8.25. The third-order valence-electron chi connectivity index (χ3n) is 2.20. The van der Waals surface area contributed by atoms with Crippen molar-refractivity contribution in [2.24, 2.45) is 0 Å². The molecule has 16 heavy (non-hydrogen) atoms. The number of hydrogen-bond acceptors (Lipinski definition) is 0. The summed E-state index contributed by atoms with van der Waals surface area (Å²) >= 11 is 9.49. The van der Waals surface area contributed by atoms with E-state index in [0.717, 1.165) is 10.0 Å². The van der Waals surface area contributed by atoms with Crippen LogP contribution < -0.4 is 7.16 Å². The molecule has 4 heteroatoms. The van der Waals surface area contributed by atoms with E-state index in [1.807, 2.05) is 48.5 Å². The van der Waals surface area contributed by atoms with E-state index in [1.54, 1.807) is 0 Å². The summed E-state index contributed by atoms with van der Waals surface area (Å²) in [5.74, 6) is 0. The summed E-state index contributed by atoms with van der Waals surface area (Å²) in [6, 6.07) is 15.6. The van der Waals surface area contributed by atoms with Gasteiger partial charge in [0.1, 0.15) is 0 Å². The van der Waals surface area contributed by atoms with Crippen LogP contribution in [-0.2, 0) is 0 Å². The van der Waals surface area contributed by atoms with E-state index in [9.17, 15) is 0 Å². The van der Waals surface area contributed by atoms with Gasteiger partial charge in [-0.15, -0.1) is 0 Å². The number of benzene rings is 2. The summed E-state index contributed by atoms with van der Waals surface area (Å²) < 4.78 is 2.44. The second-order valence-corrected chi connectivity index (χ2v) is 11.8. The van der Waals surface area contributed by atoms with E-state index in [4.69, 9.17) is 32.1 Å². The zero-order chi connectivity index (χ0) is 11.5. The first-order valence-corrected chi connectivity index (χ1v) is 11.9. The predicted molar refractivity (Wildman–Crippen MR) is 73.8 cm³/mol. The Labute approximate surface area is 116 Å². The van der Waals surface area contributed by atoms with Crippen LogP contribution in [0.15, 0.2) is 48.5 Å². The first kappa shape index (κ1) is 12.6. The molecule has 0 saturated carbocycles. The SMILES string of the molecule is Clc1cc[c]([Sn]([Cl])[c]2ccc(Cl)cc2)cc1. The summed E-state index contributed by atoms with van der Waals surface area (Å²) in [5, 5.41) is 1.49. The van der Waals surface area contributed by atoms with Gasteiger partial charge in [0.15, 0.2) is 0 Å². The quantitative estimate of drug-likeness (QED) is 0.705. The average molecular weight is 377 g/mol. The zero-order valence-corrected chi connectivity index (χ0v) is 13.4. The molecule has 0 nitrogen and oxygen atoms in total. The van der Waals surface area contributed by atoms with Crippen LogP contribution in [0.3, 0.4) is 0 Å². The number of halogens is 3. The van der Waals surface area contributed by atoms with Crippen LogP contribution in [0.5, 0.6) is 0 Å². The Hall–Kier alpha value is 0.109. The monoisotopic (exact) mass is 377 g/mol. The topological polar surface area (TPSA) is 0 Å². The first-order chi connectivity index (χ1) is 7.66. The van der Waals surface area contributed by atoms with Crippen molar-refractivity contribution in [3.8, 4) is 0 Å². The molecule has 0 saturated heterocycles. The van der Waals surface area contributed by atoms with E-state index in [0.29, 0.717) is 0 Å². The molecule has 0 aromatic heterocycles. The molecule has 2 aromatic rings. The van der Waals surface area contributed by atoms with Crippen molar-refractivity contribution in [2.45, 2.75) is 0 Å². The molecule has 2 aromatic carbocycles. The molecule has 0 amide bonds. The van der Waals surface area contributed by atoms with Gasteiger partial charge < -0.3 is 0 Å². The van der Waals surface area contributed by atoms with Gasteiger partial charge in [0.2, 0.25) is 0 Å². The molecule has 0 heterocycles. The van der Waals surface area contributed by atoms with E-state index >= 15 is 0 Å². The Balaban J connectivity index is 2.28. The van der Waals surface area contributed by atoms with Crippen molar-refractivity contribution < 1.29 is 0 Å². The van der Waals surface area contributed by atoms with Crippen LogP contribution in [0.2, 0.25) is 10.0 Å². The third-order valence-corrected chi connectivity index (χ3v) is 10.4. The van der Waals surface area contributed by atoms with E-state index in [-0.39, 0.29) is 0 Å². The van der Waals surface area contributed by atoms with E-state index in [1.165, 1.54) is 7.16 Å². The average Bonchev–Trinajstić information content (AvgIpc) is 2.30. The molecule has 1 radical (unpaired) electrons. The molecule has 0 aliphatic rings. The van der Waals surface area contributed by atoms with Crippen molar-refractivity contribution in [1.82, 2.24) is 0 Å². The molecule has 0 fully saturated rings. The van der Waals surface area contributed by atoms with Gasteiger partial charge in [-0.2, -0.15) is 0 Å². The fourth-order valence-electron chi connectivity index (χ4n) is 1.36. The van der Waals surface area contributed by atoms with E-state index in [2.05, 4.69) is 0 Å². The summed E-state index contributed by atoms with van der Waals surface area (Å²) in [6.45, 7) is 0. The maximum atomic E-state index is 6.55. The normalized spacial score (nSPS) is 10.8. The van der Waals surface area contributed by atoms with Crippen LogP contribution in [0.25, 0.3) is 0 Å². The van der Waals surface area contributed by atoms with Crippen molar-refractivity contribution in [2.75, 3.05) is 0 Å². The van der Waals surface area contributed by atoms with Crippen molar-refractivity contribution in [3.05, 3.63) is 58.6 Å². The van der Waals surface area contributed by atoms with Crippen LogP contribution in [0.1, 0.15) is 0 Å². The van der Waals surface area contributed by atoms with Gasteiger partial charge in [0.05, 0.1) is 0 Å². The van der Waals surface area contributed by atoms with Crippen molar-refractivity contribution in [1.29, 1.82) is 0 Å². The Morgan fingerprint density at radius 1 is 0.625 bits per heavy atom. The van der Waals surface area contributed by atoms with Crippen LogP contribution in [-0.4, -0.2) is 18.6 Å². The maximum absolute atomic E-state index is 6.55. The molecule has 2 rings (SSSR count). The van der Waals surface area contributed by atoms with Gasteiger partial charge in [-0.25, -0.2) is 0 Å². The Bertz CT molecular complexity index is 419. The van der Waals surface area contributed by atoms with Crippen molar-refractivity contribution >= 4 is 57.9 Å². The van der Waals surface area contributed by atoms with Gasteiger partial charge in [-0.3, -0.25) is 0 Å². The van der Waals surface area contributed by atoms with Gasteiger partial charge in [-0.1, -0.05) is 0 Å². The standard InChI is InChI=1S/2C6H4Cl.ClH.Sn/c2*7-6-4-2-1-3-5-6;;/h2*2-5H;1H;/q;;;+1/p-1. The van der Waals surface area contributed by atoms with Crippen molar-refractivity contribution in [3.63, 3.8) is 0 Å². The summed E-state index contributed by atoms with van der Waals surface area (Å²) in [6.07, 6.45) is 0. The fraction of sp³-hybridized carbons (Fsp3) is 0. The summed E-state index contributed by atoms with van der Waals surface area (Å²) in [5.41, 5.74) is 0. The van der Waals surface area contributed by atoms with Gasteiger partial charge in [0, 0.05) is 0 Å². The Kier molecular flexibility index (Phi) is 4.42. The molecule has 0 bridgehead atoms. The molecular weight excluding hydrogens is 369 g/mol. The molecule has 0 N–H and O–H groups in total. The van der Waals surface area contributed by atoms with Crippen LogP contribution in [0, 0.1) is 0 Å². The molecule has 81 valence electrons. The second kappa shape index (κ2) is 5.63. The minimum atomic E-state index is -2.20. The van der Waals surface area contributed by atoms with Crippen LogP contribution in [0.4, 0.5) is 0 Å². The van der Waals surface area contributed by atoms with Gasteiger partial charge in [-0.05, 0) is 0 Å². The third kappa shape index (κ3) is 3.07. The molecule has 0 atom stereocenters. The molecule has 0 aliphatic heterocycles. The molecular formula is C12H8Cl3Sn. The number of hydrogen-bond donors (Lipinski definition) is 0. The summed E-state index contributed by atoms with van der Waals surface area (Å²) in [4.78, 5) is 0. The predicted octanol–water partition coefficient (Wildman–Crippen LogP) is 3.34. The molecule has 0 unspecified atom stereocenters. The first-order valence-electron chi connectivity index (χ1n) is 4.71. The Morgan fingerprint density at radius 2 is 0.938 bits per heavy atom. The Morgan fingerprint density at radius 3 is 1.25 bits per heavy atom. The van der Waals surface area contributed by atoms with Gasteiger partial charge >= 0.3 is 116 Å². The summed E-state index contributed by atoms with van der Waals surface area (Å²) in [7, 11) is 6.55. The number of rotatable bonds is 2.